The first-order valence-corrected chi connectivity index (χ1v) is 30.8. The minimum absolute atomic E-state index is 0.166. The fraction of sp³-hybridized carbons (Fsp3) is 0.852. The van der Waals surface area contributed by atoms with E-state index in [1.807, 2.05) is 0 Å². The highest BCUT2D eigenvalue weighted by molar-refractivity contribution is 5.76. The summed E-state index contributed by atoms with van der Waals surface area (Å²) in [7, 11) is 0. The lowest BCUT2D eigenvalue weighted by Crippen LogP contribution is -2.71. The Balaban J connectivity index is 0.948. The molecule has 8 aliphatic rings. The highest BCUT2D eigenvalue weighted by Gasteiger charge is 2.62. The summed E-state index contributed by atoms with van der Waals surface area (Å²) in [6, 6.07) is -6.00. The molecule has 0 aromatic heterocycles. The lowest BCUT2D eigenvalue weighted by atomic mass is 9.93. The van der Waals surface area contributed by atoms with Gasteiger partial charge in [0.2, 0.25) is 17.7 Å². The van der Waals surface area contributed by atoms with Gasteiger partial charge in [0, 0.05) is 20.8 Å². The molecule has 0 aromatic rings. The molecule has 8 heterocycles. The molecule has 0 bridgehead atoms. The van der Waals surface area contributed by atoms with Gasteiger partial charge >= 0.3 is 23.9 Å². The molecule has 0 unspecified atom stereocenters. The summed E-state index contributed by atoms with van der Waals surface area (Å²) in [5.41, 5.74) is 0. The molecule has 0 aromatic carbocycles. The number of hydrogen-bond acceptors (Lipinski definition) is 40. The Morgan fingerprint density at radius 1 is 0.297 bits per heavy atom. The Kier molecular flexibility index (Phi) is 27.6. The first-order chi connectivity index (χ1) is 47.5. The van der Waals surface area contributed by atoms with Crippen LogP contribution in [0, 0.1) is 0 Å². The number of nitrogens with one attached hydrogen (secondary N) is 3. The van der Waals surface area contributed by atoms with Crippen LogP contribution < -0.4 is 16.0 Å². The number of carboxylic acids is 4. The summed E-state index contributed by atoms with van der Waals surface area (Å²) in [5, 5.41) is 234. The minimum atomic E-state index is -2.56. The van der Waals surface area contributed by atoms with E-state index in [1.54, 1.807) is 0 Å². The van der Waals surface area contributed by atoms with E-state index in [9.17, 15) is 146 Å². The molecular weight excluding hydrogens is 1390 g/mol. The van der Waals surface area contributed by atoms with Gasteiger partial charge in [0.15, 0.2) is 74.7 Å². The predicted octanol–water partition coefficient (Wildman–Crippen LogP) is -16.8. The number of carbonyl (C=O) groups excluding carboxylic acids is 4. The molecule has 8 aliphatic heterocycles. The molecule has 576 valence electrons. The van der Waals surface area contributed by atoms with E-state index in [2.05, 4.69) is 16.0 Å². The number of hydrogen-bond donors (Lipinski definition) is 24. The third-order valence-electron chi connectivity index (χ3n) is 17.6. The number of carbonyl (C=O) groups is 8. The second-order valence-electron chi connectivity index (χ2n) is 24.4. The summed E-state index contributed by atoms with van der Waals surface area (Å²) < 4.78 is 83.7. The molecule has 0 saturated carbocycles. The van der Waals surface area contributed by atoms with Crippen LogP contribution in [0.2, 0.25) is 0 Å². The van der Waals surface area contributed by atoms with E-state index in [0.29, 0.717) is 0 Å². The van der Waals surface area contributed by atoms with Crippen molar-refractivity contribution in [2.24, 2.45) is 0 Å². The Hall–Kier alpha value is -5.32. The molecule has 0 radical (unpaired) electrons. The summed E-state index contributed by atoms with van der Waals surface area (Å²) in [6.45, 7) is -1.88. The van der Waals surface area contributed by atoms with Crippen LogP contribution >= 0.6 is 0 Å². The molecule has 8 rings (SSSR count). The maximum Gasteiger partial charge on any atom is 0.335 e. The van der Waals surface area contributed by atoms with Gasteiger partial charge in [0.25, 0.3) is 0 Å². The zero-order valence-electron chi connectivity index (χ0n) is 52.7. The van der Waals surface area contributed by atoms with Crippen LogP contribution in [0.3, 0.4) is 0 Å². The van der Waals surface area contributed by atoms with E-state index in [-0.39, 0.29) is 6.29 Å². The number of ether oxygens (including phenoxy) is 15. The topological polar surface area (TPSA) is 736 Å². The van der Waals surface area contributed by atoms with Gasteiger partial charge in [-0.2, -0.15) is 0 Å². The second-order valence-corrected chi connectivity index (χ2v) is 24.4. The lowest BCUT2D eigenvalue weighted by molar-refractivity contribution is -0.381. The van der Waals surface area contributed by atoms with Crippen molar-refractivity contribution in [1.82, 2.24) is 16.0 Å². The molecule has 8 saturated heterocycles. The molecule has 3 amide bonds. The first-order valence-electron chi connectivity index (χ1n) is 30.8. The normalized spacial score (nSPS) is 47.3. The number of rotatable bonds is 26. The first kappa shape index (κ1) is 81.4. The molecule has 47 nitrogen and oxygen atoms in total. The van der Waals surface area contributed by atoms with Crippen molar-refractivity contribution in [3.8, 4) is 0 Å². The predicted molar refractivity (Wildman–Crippen MR) is 299 cm³/mol. The van der Waals surface area contributed by atoms with Gasteiger partial charge < -0.3 is 199 Å². The summed E-state index contributed by atoms with van der Waals surface area (Å²) in [6.07, 6.45) is -79.1. The van der Waals surface area contributed by atoms with E-state index >= 15 is 0 Å². The van der Waals surface area contributed by atoms with Gasteiger partial charge in [-0.15, -0.1) is 0 Å². The summed E-state index contributed by atoms with van der Waals surface area (Å²) >= 11 is 0. The fourth-order valence-electron chi connectivity index (χ4n) is 12.6. The minimum Gasteiger partial charge on any atom is -0.479 e. The largest absolute Gasteiger partial charge is 0.479 e. The number of carboxylic acid groups (broad SMARTS) is 4. The van der Waals surface area contributed by atoms with Crippen molar-refractivity contribution in [3.63, 3.8) is 0 Å². The highest BCUT2D eigenvalue weighted by Crippen LogP contribution is 2.39. The van der Waals surface area contributed by atoms with E-state index in [4.69, 9.17) is 71.1 Å². The Bertz CT molecular complexity index is 2860. The zero-order valence-corrected chi connectivity index (χ0v) is 52.7. The second kappa shape index (κ2) is 34.3. The van der Waals surface area contributed by atoms with Crippen molar-refractivity contribution < 1.29 is 217 Å². The maximum atomic E-state index is 13.0. The molecule has 47 heteroatoms. The average molecular weight is 1480 g/mol. The van der Waals surface area contributed by atoms with Crippen molar-refractivity contribution in [2.75, 3.05) is 26.4 Å². The molecule has 0 aliphatic carbocycles. The Labute approximate surface area is 565 Å². The van der Waals surface area contributed by atoms with Crippen LogP contribution in [0.1, 0.15) is 20.8 Å². The number of aldehydes is 1. The van der Waals surface area contributed by atoms with Crippen molar-refractivity contribution in [3.05, 3.63) is 0 Å². The standard InChI is InChI=1S/C54H81N3O44/c1-9(63)55-17-21(67)34(92-51-29(75)24(70)25(71)40(98-51)44(79)80)14(6-60)88-48(17)96-38-27(73)31(77)53(100-42(38)46(83)84)94-36-16(8-62)90-50(19(23(36)69)57-11(3)65)97-39-28(74)32(78)54(101-43(39)47(85)86)93-35-15(7-61)89-49(18(22(35)68)56-10(2)64)95-37-26(72)30(76)52(99-41(37)45(81)82)91-33-13(5-59)87-12(4-58)20(33)66/h4,12-43,48-54,59-62,66-78H,5-8H2,1-3H3,(H,55,63)(H,56,64)(H,57,65)(H,79,80)(H,81,82)(H,83,84)(H,85,86)/t12-,13-,14-,15-,16-,17-,18-,19-,20-,21-,22-,23-,24+,25+,26-,27-,28-,29-,30-,31-,32-,33-,34-,35-,36-,37+,38+,39+,40+,41+,42+,43+,48-,49-,50-,51-,52-,53-,54-/m1/s1. The third-order valence-corrected chi connectivity index (χ3v) is 17.6. The highest BCUT2D eigenvalue weighted by atomic mass is 16.8. The van der Waals surface area contributed by atoms with E-state index < -0.39 is 307 Å². The van der Waals surface area contributed by atoms with Gasteiger partial charge in [-0.3, -0.25) is 14.4 Å². The SMILES string of the molecule is CC(=O)N[C@H]1[C@@H](O[C@H]2[C@H](O)[C@@H](O)[C@H](O[C@H]3[C@H](O)[C@@H](NC(C)=O)[C@@H](O[C@H]4[C@H](O)[C@@H](O)[C@H](O[C@H]5[C@H](O)[C@@H](NC(C)=O)[C@@H](O[C@H]6[C@H](O)[C@@H](O)[C@H](O[C@H]7[C@H](O)[C@@H](C=O)O[C@@H]7CO)O[C@@H]6C(=O)O)O[C@@H]5CO)O[C@@H]4C(=O)O)O[C@@H]3CO)O[C@@H]2C(=O)O)O[C@H](CO)[C@@H](O[C@@H]2O[C@H](C(=O)O)[C@@H](O)[C@H](O)[C@H]2O)[C@@H]1O. The van der Waals surface area contributed by atoms with Crippen LogP contribution in [0.25, 0.3) is 0 Å². The van der Waals surface area contributed by atoms with Crippen molar-refractivity contribution in [2.45, 2.75) is 260 Å². The number of aliphatic hydroxyl groups is 17. The van der Waals surface area contributed by atoms with Crippen LogP contribution in [-0.2, 0) is 109 Å². The van der Waals surface area contributed by atoms with Gasteiger partial charge in [-0.05, 0) is 0 Å². The van der Waals surface area contributed by atoms with Crippen molar-refractivity contribution >= 4 is 47.9 Å². The smallest absolute Gasteiger partial charge is 0.335 e. The average Bonchev–Trinajstić information content (AvgIpc) is 1.16. The molecule has 24 N–H and O–H groups in total. The maximum absolute atomic E-state index is 13.0. The fourth-order valence-corrected chi connectivity index (χ4v) is 12.6. The quantitative estimate of drug-likeness (QED) is 0.0358. The molecular formula is C54H81N3O44. The van der Waals surface area contributed by atoms with Crippen LogP contribution in [-0.4, -0.2) is 421 Å². The van der Waals surface area contributed by atoms with Gasteiger partial charge in [0.05, 0.1) is 26.4 Å². The van der Waals surface area contributed by atoms with Crippen LogP contribution in [0.4, 0.5) is 0 Å². The Morgan fingerprint density at radius 2 is 0.535 bits per heavy atom. The van der Waals surface area contributed by atoms with E-state index in [0.717, 1.165) is 20.8 Å². The van der Waals surface area contributed by atoms with Crippen LogP contribution in [0.5, 0.6) is 0 Å². The lowest BCUT2D eigenvalue weighted by Gasteiger charge is -2.50. The monoisotopic (exact) mass is 1480 g/mol. The summed E-state index contributed by atoms with van der Waals surface area (Å²) in [4.78, 5) is 99.6. The Morgan fingerprint density at radius 3 is 0.782 bits per heavy atom. The zero-order chi connectivity index (χ0) is 74.8. The van der Waals surface area contributed by atoms with Gasteiger partial charge in [-0.25, -0.2) is 19.2 Å². The molecule has 8 fully saturated rings. The molecule has 0 spiro atoms. The number of amides is 3. The number of aliphatic hydroxyl groups excluding tert-OH is 17. The van der Waals surface area contributed by atoms with Gasteiger partial charge in [-0.1, -0.05) is 0 Å². The van der Waals surface area contributed by atoms with E-state index in [1.165, 1.54) is 0 Å². The third kappa shape index (κ3) is 17.3. The summed E-state index contributed by atoms with van der Waals surface area (Å²) in [5.74, 6) is -10.8. The molecule has 39 atom stereocenters. The van der Waals surface area contributed by atoms with Gasteiger partial charge in [0.1, 0.15) is 171 Å². The van der Waals surface area contributed by atoms with Crippen molar-refractivity contribution in [1.29, 1.82) is 0 Å². The van der Waals surface area contributed by atoms with Crippen LogP contribution in [0.15, 0.2) is 0 Å². The molecule has 101 heavy (non-hydrogen) atoms. The number of aliphatic carboxylic acids is 4.